The van der Waals surface area contributed by atoms with Gasteiger partial charge in [0.1, 0.15) is 5.75 Å². The fourth-order valence-corrected chi connectivity index (χ4v) is 3.16. The largest absolute Gasteiger partial charge is 0.496 e. The molecule has 0 aliphatic heterocycles. The van der Waals surface area contributed by atoms with E-state index in [-0.39, 0.29) is 5.78 Å². The summed E-state index contributed by atoms with van der Waals surface area (Å²) in [6.45, 7) is 2.94. The van der Waals surface area contributed by atoms with Gasteiger partial charge in [0.15, 0.2) is 11.9 Å². The molecule has 6 nitrogen and oxygen atoms in total. The van der Waals surface area contributed by atoms with Gasteiger partial charge in [0, 0.05) is 16.8 Å². The second kappa shape index (κ2) is 10.9. The summed E-state index contributed by atoms with van der Waals surface area (Å²) in [6, 6.07) is 22.9. The van der Waals surface area contributed by atoms with Crippen molar-refractivity contribution in [2.75, 3.05) is 12.4 Å². The second-order valence-electron chi connectivity index (χ2n) is 7.34. The summed E-state index contributed by atoms with van der Waals surface area (Å²) in [6.07, 6.45) is 0.612. The van der Waals surface area contributed by atoms with Crippen molar-refractivity contribution in [1.82, 2.24) is 0 Å². The number of methoxy groups -OCH3 is 1. The van der Waals surface area contributed by atoms with Gasteiger partial charge in [-0.15, -0.1) is 0 Å². The Morgan fingerprint density at radius 3 is 2.24 bits per heavy atom. The fraction of sp³-hybridized carbons (Fsp3) is 0.148. The Morgan fingerprint density at radius 2 is 1.55 bits per heavy atom. The zero-order valence-electron chi connectivity index (χ0n) is 18.7. The average molecular weight is 443 g/mol. The van der Waals surface area contributed by atoms with Crippen LogP contribution in [0, 0.1) is 0 Å². The van der Waals surface area contributed by atoms with Crippen LogP contribution in [0.1, 0.15) is 35.3 Å². The van der Waals surface area contributed by atoms with Crippen molar-refractivity contribution in [2.45, 2.75) is 20.0 Å². The quantitative estimate of drug-likeness (QED) is 0.229. The number of carbonyl (C=O) groups is 3. The van der Waals surface area contributed by atoms with E-state index in [1.165, 1.54) is 13.8 Å². The molecule has 0 bridgehead atoms. The van der Waals surface area contributed by atoms with Crippen LogP contribution in [0.4, 0.5) is 5.69 Å². The van der Waals surface area contributed by atoms with E-state index in [9.17, 15) is 14.4 Å². The van der Waals surface area contributed by atoms with Gasteiger partial charge in [-0.2, -0.15) is 0 Å². The molecule has 0 radical (unpaired) electrons. The van der Waals surface area contributed by atoms with Crippen molar-refractivity contribution >= 4 is 35.0 Å². The Labute approximate surface area is 192 Å². The molecule has 0 aliphatic carbocycles. The summed E-state index contributed by atoms with van der Waals surface area (Å²) in [5, 5.41) is 2.68. The lowest BCUT2D eigenvalue weighted by Crippen LogP contribution is -2.30. The number of Topliss-reactive ketones (excluding diaryl/α,β-unsaturated/α-hetero) is 1. The summed E-state index contributed by atoms with van der Waals surface area (Å²) in [4.78, 5) is 37.3. The van der Waals surface area contributed by atoms with Gasteiger partial charge in [-0.1, -0.05) is 60.7 Å². The number of esters is 1. The molecule has 0 spiro atoms. The molecule has 6 heteroatoms. The molecule has 3 rings (SSSR count). The SMILES string of the molecule is COc1ccccc1/C=C(/C(=O)OC(C)C(=O)Nc1cccc(C(C)=O)c1)c1ccccc1. The van der Waals surface area contributed by atoms with E-state index in [4.69, 9.17) is 9.47 Å². The molecule has 0 saturated carbocycles. The number of nitrogens with one attached hydrogen (secondary N) is 1. The Kier molecular flexibility index (Phi) is 7.76. The maximum Gasteiger partial charge on any atom is 0.339 e. The minimum atomic E-state index is -1.07. The van der Waals surface area contributed by atoms with Crippen molar-refractivity contribution in [1.29, 1.82) is 0 Å². The minimum Gasteiger partial charge on any atom is -0.496 e. The monoisotopic (exact) mass is 443 g/mol. The fourth-order valence-electron chi connectivity index (χ4n) is 3.16. The van der Waals surface area contributed by atoms with Gasteiger partial charge in [0.2, 0.25) is 0 Å². The first-order chi connectivity index (χ1) is 15.9. The van der Waals surface area contributed by atoms with Crippen molar-refractivity contribution in [2.24, 2.45) is 0 Å². The van der Waals surface area contributed by atoms with Crippen LogP contribution >= 0.6 is 0 Å². The van der Waals surface area contributed by atoms with Crippen molar-refractivity contribution in [3.63, 3.8) is 0 Å². The van der Waals surface area contributed by atoms with Crippen LogP contribution in [-0.2, 0) is 14.3 Å². The Bertz CT molecular complexity index is 1180. The van der Waals surface area contributed by atoms with Gasteiger partial charge in [-0.05, 0) is 43.7 Å². The lowest BCUT2D eigenvalue weighted by atomic mass is 10.0. The number of hydrogen-bond acceptors (Lipinski definition) is 5. The van der Waals surface area contributed by atoms with Crippen LogP contribution in [0.25, 0.3) is 11.6 Å². The second-order valence-corrected chi connectivity index (χ2v) is 7.34. The predicted molar refractivity (Wildman–Crippen MR) is 128 cm³/mol. The minimum absolute atomic E-state index is 0.112. The number of benzene rings is 3. The molecule has 0 aliphatic rings. The molecular weight excluding hydrogens is 418 g/mol. The molecule has 0 fully saturated rings. The van der Waals surface area contributed by atoms with Crippen LogP contribution in [0.3, 0.4) is 0 Å². The molecule has 168 valence electrons. The standard InChI is InChI=1S/C27H25NO5/c1-18(29)21-13-9-14-23(16-21)28-26(30)19(2)33-27(31)24(20-10-5-4-6-11-20)17-22-12-7-8-15-25(22)32-3/h4-17,19H,1-3H3,(H,28,30)/b24-17+. The van der Waals surface area contributed by atoms with Gasteiger partial charge in [-0.3, -0.25) is 9.59 Å². The molecule has 3 aromatic rings. The number of hydrogen-bond donors (Lipinski definition) is 1. The van der Waals surface area contributed by atoms with E-state index >= 15 is 0 Å². The highest BCUT2D eigenvalue weighted by Gasteiger charge is 2.22. The first-order valence-electron chi connectivity index (χ1n) is 10.4. The van der Waals surface area contributed by atoms with Crippen LogP contribution in [0.5, 0.6) is 5.75 Å². The van der Waals surface area contributed by atoms with Crippen molar-refractivity contribution < 1.29 is 23.9 Å². The summed E-state index contributed by atoms with van der Waals surface area (Å²) >= 11 is 0. The normalized spacial score (nSPS) is 11.9. The summed E-state index contributed by atoms with van der Waals surface area (Å²) in [5.41, 5.74) is 2.56. The van der Waals surface area contributed by atoms with E-state index in [0.717, 1.165) is 0 Å². The van der Waals surface area contributed by atoms with Crippen LogP contribution in [0.15, 0.2) is 78.9 Å². The van der Waals surface area contributed by atoms with E-state index in [2.05, 4.69) is 5.32 Å². The molecule has 0 saturated heterocycles. The first-order valence-corrected chi connectivity index (χ1v) is 10.4. The van der Waals surface area contributed by atoms with Gasteiger partial charge >= 0.3 is 5.97 Å². The third-order valence-electron chi connectivity index (χ3n) is 4.93. The van der Waals surface area contributed by atoms with E-state index in [1.54, 1.807) is 55.7 Å². The maximum atomic E-state index is 13.1. The average Bonchev–Trinajstić information content (AvgIpc) is 2.83. The van der Waals surface area contributed by atoms with Gasteiger partial charge in [0.05, 0.1) is 12.7 Å². The number of rotatable bonds is 8. The lowest BCUT2D eigenvalue weighted by Gasteiger charge is -2.16. The summed E-state index contributed by atoms with van der Waals surface area (Å²) < 4.78 is 10.9. The Hall–Kier alpha value is -4.19. The first kappa shape index (κ1) is 23.5. The molecule has 33 heavy (non-hydrogen) atoms. The van der Waals surface area contributed by atoms with Gasteiger partial charge in [0.25, 0.3) is 5.91 Å². The van der Waals surface area contributed by atoms with E-state index in [0.29, 0.717) is 33.7 Å². The molecule has 1 N–H and O–H groups in total. The number of anilines is 1. The van der Waals surface area contributed by atoms with E-state index in [1.807, 2.05) is 36.4 Å². The highest BCUT2D eigenvalue weighted by Crippen LogP contribution is 2.26. The summed E-state index contributed by atoms with van der Waals surface area (Å²) in [5.74, 6) is -0.657. The third kappa shape index (κ3) is 6.17. The molecule has 0 heterocycles. The molecule has 0 aromatic heterocycles. The topological polar surface area (TPSA) is 81.7 Å². The predicted octanol–water partition coefficient (Wildman–Crippen LogP) is 5.01. The number of amides is 1. The van der Waals surface area contributed by atoms with Crippen molar-refractivity contribution in [3.05, 3.63) is 95.6 Å². The number of para-hydroxylation sites is 1. The molecular formula is C27H25NO5. The van der Waals surface area contributed by atoms with Crippen LogP contribution < -0.4 is 10.1 Å². The number of ether oxygens (including phenoxy) is 2. The molecule has 1 unspecified atom stereocenters. The Morgan fingerprint density at radius 1 is 0.879 bits per heavy atom. The molecule has 1 atom stereocenters. The van der Waals surface area contributed by atoms with Crippen LogP contribution in [-0.4, -0.2) is 30.9 Å². The number of ketones is 1. The Balaban J connectivity index is 1.82. The van der Waals surface area contributed by atoms with Gasteiger partial charge < -0.3 is 14.8 Å². The zero-order chi connectivity index (χ0) is 23.8. The zero-order valence-corrected chi connectivity index (χ0v) is 18.7. The maximum absolute atomic E-state index is 13.1. The van der Waals surface area contributed by atoms with E-state index < -0.39 is 18.0 Å². The number of carbonyl (C=O) groups excluding carboxylic acids is 3. The van der Waals surface area contributed by atoms with Crippen molar-refractivity contribution in [3.8, 4) is 5.75 Å². The summed E-state index contributed by atoms with van der Waals surface area (Å²) in [7, 11) is 1.56. The van der Waals surface area contributed by atoms with Gasteiger partial charge in [-0.25, -0.2) is 4.79 Å². The molecule has 1 amide bonds. The smallest absolute Gasteiger partial charge is 0.339 e. The van der Waals surface area contributed by atoms with Crippen LogP contribution in [0.2, 0.25) is 0 Å². The molecule has 3 aromatic carbocycles. The highest BCUT2D eigenvalue weighted by molar-refractivity contribution is 6.22. The highest BCUT2D eigenvalue weighted by atomic mass is 16.5. The lowest BCUT2D eigenvalue weighted by molar-refractivity contribution is -0.147. The third-order valence-corrected chi connectivity index (χ3v) is 4.93.